The topological polar surface area (TPSA) is 50.2 Å². The summed E-state index contributed by atoms with van der Waals surface area (Å²) in [6, 6.07) is 2.03. The Morgan fingerprint density at radius 2 is 2.29 bits per heavy atom. The molecule has 0 spiro atoms. The lowest BCUT2D eigenvalue weighted by Crippen LogP contribution is -2.48. The van der Waals surface area contributed by atoms with Crippen molar-refractivity contribution < 1.29 is 4.79 Å². The average Bonchev–Trinajstić information content (AvgIpc) is 2.82. The van der Waals surface area contributed by atoms with Gasteiger partial charge in [-0.25, -0.2) is 4.79 Å². The molecular weight excluding hydrogens is 236 g/mol. The molecule has 0 unspecified atom stereocenters. The fourth-order valence-electron chi connectivity index (χ4n) is 1.80. The fourth-order valence-corrected chi connectivity index (χ4v) is 2.71. The summed E-state index contributed by atoms with van der Waals surface area (Å²) >= 11 is 1.90. The van der Waals surface area contributed by atoms with E-state index in [1.54, 1.807) is 6.20 Å². The molecule has 1 aliphatic heterocycles. The number of hydrogen-bond acceptors (Lipinski definition) is 3. The van der Waals surface area contributed by atoms with Gasteiger partial charge in [-0.15, -0.1) is 0 Å². The number of rotatable bonds is 3. The summed E-state index contributed by atoms with van der Waals surface area (Å²) in [6.45, 7) is 4.41. The molecule has 0 bridgehead atoms. The van der Waals surface area contributed by atoms with Crippen molar-refractivity contribution in [3.8, 4) is 0 Å². The van der Waals surface area contributed by atoms with Crippen molar-refractivity contribution in [1.82, 2.24) is 20.0 Å². The Labute approximate surface area is 106 Å². The number of thioether (sulfide) groups is 1. The molecule has 94 valence electrons. The number of hydrogen-bond donors (Lipinski definition) is 1. The minimum Gasteiger partial charge on any atom is -0.334 e. The number of aromatic nitrogens is 2. The molecule has 0 aromatic carbocycles. The first-order valence-electron chi connectivity index (χ1n) is 5.86. The summed E-state index contributed by atoms with van der Waals surface area (Å²) in [5, 5.41) is 7.13. The number of nitrogens with one attached hydrogen (secondary N) is 1. The van der Waals surface area contributed by atoms with Crippen LogP contribution in [0.5, 0.6) is 0 Å². The van der Waals surface area contributed by atoms with E-state index < -0.39 is 0 Å². The van der Waals surface area contributed by atoms with Gasteiger partial charge in [0.15, 0.2) is 0 Å². The lowest BCUT2D eigenvalue weighted by molar-refractivity contribution is 0.198. The minimum atomic E-state index is 0.0463. The number of urea groups is 1. The van der Waals surface area contributed by atoms with Crippen LogP contribution in [-0.2, 0) is 6.54 Å². The minimum absolute atomic E-state index is 0.0463. The van der Waals surface area contributed by atoms with Gasteiger partial charge >= 0.3 is 6.03 Å². The molecule has 17 heavy (non-hydrogen) atoms. The largest absolute Gasteiger partial charge is 0.334 e. The van der Waals surface area contributed by atoms with Crippen LogP contribution in [0.25, 0.3) is 0 Å². The molecule has 1 aliphatic rings. The lowest BCUT2D eigenvalue weighted by Gasteiger charge is -2.28. The Kier molecular flexibility index (Phi) is 4.30. The van der Waals surface area contributed by atoms with Gasteiger partial charge in [0.1, 0.15) is 0 Å². The van der Waals surface area contributed by atoms with Crippen molar-refractivity contribution in [3.63, 3.8) is 0 Å². The van der Waals surface area contributed by atoms with Crippen molar-refractivity contribution in [2.45, 2.75) is 19.5 Å². The SMILES string of the molecule is C[C@H](Cn1cccn1)NC(=O)N1CCSCC1. The zero-order chi connectivity index (χ0) is 12.1. The van der Waals surface area contributed by atoms with Crippen LogP contribution >= 0.6 is 11.8 Å². The summed E-state index contributed by atoms with van der Waals surface area (Å²) < 4.78 is 1.83. The highest BCUT2D eigenvalue weighted by molar-refractivity contribution is 7.99. The van der Waals surface area contributed by atoms with Crippen LogP contribution in [0.3, 0.4) is 0 Å². The number of carbonyl (C=O) groups is 1. The first-order chi connectivity index (χ1) is 8.25. The highest BCUT2D eigenvalue weighted by Gasteiger charge is 2.18. The van der Waals surface area contributed by atoms with E-state index in [2.05, 4.69) is 10.4 Å². The fraction of sp³-hybridized carbons (Fsp3) is 0.636. The summed E-state index contributed by atoms with van der Waals surface area (Å²) in [5.74, 6) is 2.09. The second-order valence-electron chi connectivity index (χ2n) is 4.18. The summed E-state index contributed by atoms with van der Waals surface area (Å²) in [7, 11) is 0. The third kappa shape index (κ3) is 3.66. The average molecular weight is 254 g/mol. The Balaban J connectivity index is 1.77. The Morgan fingerprint density at radius 1 is 1.53 bits per heavy atom. The van der Waals surface area contributed by atoms with Crippen LogP contribution in [0.15, 0.2) is 18.5 Å². The number of carbonyl (C=O) groups excluding carboxylic acids is 1. The monoisotopic (exact) mass is 254 g/mol. The molecular formula is C11H18N4OS. The molecule has 1 atom stereocenters. The molecule has 2 amide bonds. The van der Waals surface area contributed by atoms with Gasteiger partial charge in [-0.3, -0.25) is 4.68 Å². The summed E-state index contributed by atoms with van der Waals surface area (Å²) in [4.78, 5) is 13.8. The highest BCUT2D eigenvalue weighted by Crippen LogP contribution is 2.09. The van der Waals surface area contributed by atoms with E-state index in [0.717, 1.165) is 24.6 Å². The first-order valence-corrected chi connectivity index (χ1v) is 7.02. The molecule has 0 aliphatic carbocycles. The van der Waals surface area contributed by atoms with Crippen LogP contribution in [0, 0.1) is 0 Å². The molecule has 1 fully saturated rings. The van der Waals surface area contributed by atoms with E-state index >= 15 is 0 Å². The van der Waals surface area contributed by atoms with Crippen molar-refractivity contribution >= 4 is 17.8 Å². The van der Waals surface area contributed by atoms with Crippen LogP contribution in [0.2, 0.25) is 0 Å². The van der Waals surface area contributed by atoms with E-state index in [1.807, 2.05) is 40.5 Å². The second-order valence-corrected chi connectivity index (χ2v) is 5.40. The highest BCUT2D eigenvalue weighted by atomic mass is 32.2. The molecule has 2 rings (SSSR count). The van der Waals surface area contributed by atoms with E-state index in [4.69, 9.17) is 0 Å². The quantitative estimate of drug-likeness (QED) is 0.876. The molecule has 1 saturated heterocycles. The maximum absolute atomic E-state index is 11.9. The van der Waals surface area contributed by atoms with Crippen LogP contribution in [-0.4, -0.2) is 51.3 Å². The Hall–Kier alpha value is -1.17. The molecule has 0 saturated carbocycles. The zero-order valence-corrected chi connectivity index (χ0v) is 10.8. The van der Waals surface area contributed by atoms with Crippen LogP contribution < -0.4 is 5.32 Å². The van der Waals surface area contributed by atoms with Crippen molar-refractivity contribution in [2.75, 3.05) is 24.6 Å². The van der Waals surface area contributed by atoms with Crippen molar-refractivity contribution in [2.24, 2.45) is 0 Å². The molecule has 0 radical (unpaired) electrons. The van der Waals surface area contributed by atoms with Crippen molar-refractivity contribution in [3.05, 3.63) is 18.5 Å². The molecule has 1 N–H and O–H groups in total. The lowest BCUT2D eigenvalue weighted by atomic mass is 10.3. The van der Waals surface area contributed by atoms with Crippen molar-refractivity contribution in [1.29, 1.82) is 0 Å². The molecule has 1 aromatic heterocycles. The predicted molar refractivity (Wildman–Crippen MR) is 69.1 cm³/mol. The van der Waals surface area contributed by atoms with Gasteiger partial charge in [0.2, 0.25) is 0 Å². The van der Waals surface area contributed by atoms with E-state index in [0.29, 0.717) is 6.54 Å². The predicted octanol–water partition coefficient (Wildman–Crippen LogP) is 1.03. The van der Waals surface area contributed by atoms with Gasteiger partial charge in [0, 0.05) is 43.0 Å². The van der Waals surface area contributed by atoms with E-state index in [1.165, 1.54) is 0 Å². The molecule has 1 aromatic rings. The van der Waals surface area contributed by atoms with Crippen LogP contribution in [0.1, 0.15) is 6.92 Å². The third-order valence-corrected chi connectivity index (χ3v) is 3.63. The van der Waals surface area contributed by atoms with Gasteiger partial charge in [0.05, 0.1) is 6.54 Å². The van der Waals surface area contributed by atoms with Crippen LogP contribution in [0.4, 0.5) is 4.79 Å². The zero-order valence-electron chi connectivity index (χ0n) is 10.0. The van der Waals surface area contributed by atoms with Gasteiger partial charge in [-0.1, -0.05) is 0 Å². The van der Waals surface area contributed by atoms with E-state index in [9.17, 15) is 4.79 Å². The summed E-state index contributed by atoms with van der Waals surface area (Å²) in [5.41, 5.74) is 0. The molecule has 2 heterocycles. The Bertz CT molecular complexity index is 348. The van der Waals surface area contributed by atoms with Gasteiger partial charge in [-0.2, -0.15) is 16.9 Å². The summed E-state index contributed by atoms with van der Waals surface area (Å²) in [6.07, 6.45) is 3.65. The van der Waals surface area contributed by atoms with Gasteiger partial charge < -0.3 is 10.2 Å². The standard InChI is InChI=1S/C11H18N4OS/c1-10(9-15-4-2-3-12-15)13-11(16)14-5-7-17-8-6-14/h2-4,10H,5-9H2,1H3,(H,13,16)/t10-/m1/s1. The Morgan fingerprint density at radius 3 is 2.94 bits per heavy atom. The maximum Gasteiger partial charge on any atom is 0.317 e. The molecule has 6 heteroatoms. The second kappa shape index (κ2) is 5.95. The van der Waals surface area contributed by atoms with Gasteiger partial charge in [0.25, 0.3) is 0 Å². The smallest absolute Gasteiger partial charge is 0.317 e. The number of nitrogens with zero attached hydrogens (tertiary/aromatic N) is 3. The van der Waals surface area contributed by atoms with Gasteiger partial charge in [-0.05, 0) is 13.0 Å². The molecule has 5 nitrogen and oxygen atoms in total. The maximum atomic E-state index is 11.9. The normalized spacial score (nSPS) is 17.8. The number of amides is 2. The first kappa shape index (κ1) is 12.3. The van der Waals surface area contributed by atoms with E-state index in [-0.39, 0.29) is 12.1 Å². The third-order valence-electron chi connectivity index (χ3n) is 2.69.